The summed E-state index contributed by atoms with van der Waals surface area (Å²) in [6.07, 6.45) is 0. The first kappa shape index (κ1) is 10.7. The molecule has 0 radical (unpaired) electrons. The number of hydrogen-bond donors (Lipinski definition) is 0. The number of aromatic nitrogens is 1. The Morgan fingerprint density at radius 2 is 2.29 bits per heavy atom. The number of diazo groups is 1. The van der Waals surface area contributed by atoms with Gasteiger partial charge in [0.05, 0.1) is 17.2 Å². The zero-order valence-corrected chi connectivity index (χ0v) is 8.84. The molecule has 6 heteroatoms. The average molecular weight is 228 g/mol. The van der Waals surface area contributed by atoms with E-state index in [0.717, 1.165) is 10.2 Å². The number of nitrogens with zero attached hydrogens (tertiary/aromatic N) is 3. The molecule has 0 fully saturated rings. The molecular formula is C8H6ClN3OS. The first-order valence-electron chi connectivity index (χ1n) is 3.64. The summed E-state index contributed by atoms with van der Waals surface area (Å²) in [5.41, 5.74) is 0.739. The minimum atomic E-state index is 0. The summed E-state index contributed by atoms with van der Waals surface area (Å²) in [5, 5.41) is 8.88. The van der Waals surface area contributed by atoms with Crippen LogP contribution in [0.25, 0.3) is 15.2 Å². The van der Waals surface area contributed by atoms with Crippen LogP contribution in [0.3, 0.4) is 0 Å². The van der Waals surface area contributed by atoms with Crippen LogP contribution in [0.2, 0.25) is 0 Å². The minimum Gasteiger partial charge on any atom is -1.00 e. The van der Waals surface area contributed by atoms with Crippen LogP contribution in [0.15, 0.2) is 18.2 Å². The summed E-state index contributed by atoms with van der Waals surface area (Å²) in [7, 11) is 1.59. The van der Waals surface area contributed by atoms with E-state index in [1.54, 1.807) is 7.11 Å². The van der Waals surface area contributed by atoms with E-state index in [0.29, 0.717) is 10.9 Å². The monoisotopic (exact) mass is 227 g/mol. The number of halogens is 1. The summed E-state index contributed by atoms with van der Waals surface area (Å²) in [6.45, 7) is 0. The Labute approximate surface area is 90.6 Å². The molecule has 0 atom stereocenters. The predicted octanol–water partition coefficient (Wildman–Crippen LogP) is -0.207. The summed E-state index contributed by atoms with van der Waals surface area (Å²) < 4.78 is 6.06. The molecule has 0 saturated heterocycles. The highest BCUT2D eigenvalue weighted by molar-refractivity contribution is 7.22. The lowest BCUT2D eigenvalue weighted by atomic mass is 10.3. The molecule has 2 rings (SSSR count). The number of fused-ring (bicyclic) bond motifs is 1. The van der Waals surface area contributed by atoms with Crippen molar-refractivity contribution < 1.29 is 17.1 Å². The Morgan fingerprint density at radius 1 is 1.50 bits per heavy atom. The molecule has 4 nitrogen and oxygen atoms in total. The van der Waals surface area contributed by atoms with Crippen LogP contribution in [0.1, 0.15) is 0 Å². The van der Waals surface area contributed by atoms with Gasteiger partial charge in [0, 0.05) is 4.98 Å². The van der Waals surface area contributed by atoms with Crippen molar-refractivity contribution in [2.24, 2.45) is 0 Å². The van der Waals surface area contributed by atoms with Crippen molar-refractivity contribution in [3.8, 4) is 5.75 Å². The lowest BCUT2D eigenvalue weighted by Gasteiger charge is -1.94. The Hall–Kier alpha value is -1.38. The van der Waals surface area contributed by atoms with Gasteiger partial charge in [-0.2, -0.15) is 0 Å². The molecule has 2 aromatic rings. The highest BCUT2D eigenvalue weighted by atomic mass is 35.5. The molecule has 0 aliphatic carbocycles. The molecule has 1 aromatic carbocycles. The number of hydrogen-bond acceptors (Lipinski definition) is 4. The van der Waals surface area contributed by atoms with Crippen LogP contribution < -0.4 is 17.1 Å². The Morgan fingerprint density at radius 3 is 2.93 bits per heavy atom. The van der Waals surface area contributed by atoms with Crippen LogP contribution in [-0.2, 0) is 0 Å². The number of benzene rings is 1. The Kier molecular flexibility index (Phi) is 3.23. The van der Waals surface area contributed by atoms with Crippen molar-refractivity contribution >= 4 is 26.7 Å². The van der Waals surface area contributed by atoms with Crippen LogP contribution in [0, 0.1) is 5.39 Å². The van der Waals surface area contributed by atoms with Gasteiger partial charge >= 0.3 is 5.13 Å². The molecule has 0 N–H and O–H groups in total. The van der Waals surface area contributed by atoms with E-state index in [1.807, 2.05) is 18.2 Å². The van der Waals surface area contributed by atoms with Gasteiger partial charge in [0.1, 0.15) is 0 Å². The molecule has 72 valence electrons. The van der Waals surface area contributed by atoms with Crippen LogP contribution in [-0.4, -0.2) is 12.1 Å². The molecule has 0 saturated carbocycles. The summed E-state index contributed by atoms with van der Waals surface area (Å²) in [5.74, 6) is 0.698. The maximum absolute atomic E-state index is 8.53. The van der Waals surface area contributed by atoms with Gasteiger partial charge < -0.3 is 17.1 Å². The standard InChI is InChI=1S/C8H6N3OS.ClH/c1-12-5-3-2-4-6-7(5)10-8(11-9)13-6;/h2-4H,1H3;1H/q+1;/p-1. The second kappa shape index (κ2) is 4.22. The van der Waals surface area contributed by atoms with E-state index in [-0.39, 0.29) is 12.4 Å². The first-order chi connectivity index (χ1) is 6.35. The van der Waals surface area contributed by atoms with Crippen molar-refractivity contribution in [1.29, 1.82) is 5.39 Å². The molecule has 0 unspecified atom stereocenters. The van der Waals surface area contributed by atoms with Gasteiger partial charge in [-0.15, -0.1) is 0 Å². The van der Waals surface area contributed by atoms with Gasteiger partial charge in [-0.05, 0) is 28.5 Å². The quantitative estimate of drug-likeness (QED) is 0.634. The van der Waals surface area contributed by atoms with Gasteiger partial charge in [-0.3, -0.25) is 0 Å². The van der Waals surface area contributed by atoms with Crippen molar-refractivity contribution in [1.82, 2.24) is 4.98 Å². The second-order valence-electron chi connectivity index (χ2n) is 2.40. The van der Waals surface area contributed by atoms with E-state index in [4.69, 9.17) is 10.1 Å². The van der Waals surface area contributed by atoms with Gasteiger partial charge in [0.2, 0.25) is 5.52 Å². The fourth-order valence-corrected chi connectivity index (χ4v) is 1.88. The fraction of sp³-hybridized carbons (Fsp3) is 0.125. The normalized spacial score (nSPS) is 9.14. The summed E-state index contributed by atoms with van der Waals surface area (Å²) >= 11 is 1.32. The van der Waals surface area contributed by atoms with E-state index in [2.05, 4.69) is 9.96 Å². The zero-order valence-electron chi connectivity index (χ0n) is 7.27. The van der Waals surface area contributed by atoms with Crippen molar-refractivity contribution in [2.75, 3.05) is 7.11 Å². The third-order valence-corrected chi connectivity index (χ3v) is 2.58. The SMILES string of the molecule is COc1cccc2sc([N+]#N)nc12.[Cl-]. The molecule has 1 heterocycles. The van der Waals surface area contributed by atoms with Crippen molar-refractivity contribution in [3.05, 3.63) is 23.2 Å². The molecule has 0 aliphatic heterocycles. The molecule has 0 amide bonds. The second-order valence-corrected chi connectivity index (χ2v) is 3.41. The third kappa shape index (κ3) is 1.62. The first-order valence-corrected chi connectivity index (χ1v) is 4.45. The van der Waals surface area contributed by atoms with E-state index in [1.165, 1.54) is 11.3 Å². The van der Waals surface area contributed by atoms with Gasteiger partial charge in [0.15, 0.2) is 5.75 Å². The maximum atomic E-state index is 8.53. The Balaban J connectivity index is 0.000000980. The number of para-hydroxylation sites is 1. The summed E-state index contributed by atoms with van der Waals surface area (Å²) in [4.78, 5) is 7.11. The fourth-order valence-electron chi connectivity index (χ4n) is 1.12. The smallest absolute Gasteiger partial charge is 0.524 e. The third-order valence-electron chi connectivity index (χ3n) is 1.68. The van der Waals surface area contributed by atoms with E-state index >= 15 is 0 Å². The average Bonchev–Trinajstić information content (AvgIpc) is 2.59. The Bertz CT molecular complexity index is 491. The zero-order chi connectivity index (χ0) is 9.26. The predicted molar refractivity (Wildman–Crippen MR) is 50.9 cm³/mol. The highest BCUT2D eigenvalue weighted by Crippen LogP contribution is 2.33. The number of rotatable bonds is 1. The lowest BCUT2D eigenvalue weighted by Crippen LogP contribution is -3.00. The number of ether oxygens (including phenoxy) is 1. The van der Waals surface area contributed by atoms with Crippen molar-refractivity contribution in [2.45, 2.75) is 0 Å². The number of methoxy groups -OCH3 is 1. The molecule has 0 bridgehead atoms. The van der Waals surface area contributed by atoms with Gasteiger partial charge in [-0.25, -0.2) is 0 Å². The van der Waals surface area contributed by atoms with E-state index in [9.17, 15) is 0 Å². The molecule has 1 aromatic heterocycles. The largest absolute Gasteiger partial charge is 1.00 e. The van der Waals surface area contributed by atoms with Crippen LogP contribution >= 0.6 is 11.3 Å². The molecular weight excluding hydrogens is 222 g/mol. The number of thiazole rings is 1. The lowest BCUT2D eigenvalue weighted by molar-refractivity contribution is -0.00000307. The topological polar surface area (TPSA) is 50.3 Å². The van der Waals surface area contributed by atoms with E-state index < -0.39 is 0 Å². The molecule has 0 aliphatic rings. The molecule has 0 spiro atoms. The van der Waals surface area contributed by atoms with Crippen LogP contribution in [0.5, 0.6) is 5.75 Å². The van der Waals surface area contributed by atoms with Gasteiger partial charge in [-0.1, -0.05) is 6.07 Å². The van der Waals surface area contributed by atoms with Crippen molar-refractivity contribution in [3.63, 3.8) is 0 Å². The van der Waals surface area contributed by atoms with Crippen LogP contribution in [0.4, 0.5) is 5.13 Å². The minimum absolute atomic E-state index is 0. The summed E-state index contributed by atoms with van der Waals surface area (Å²) in [6, 6.07) is 5.61. The highest BCUT2D eigenvalue weighted by Gasteiger charge is 2.17. The van der Waals surface area contributed by atoms with Gasteiger partial charge in [0.25, 0.3) is 0 Å². The molecule has 14 heavy (non-hydrogen) atoms. The maximum Gasteiger partial charge on any atom is 0.524 e.